The fraction of sp³-hybridized carbons (Fsp3) is 0.273. The second kappa shape index (κ2) is 8.36. The molecule has 1 fully saturated rings. The lowest BCUT2D eigenvalue weighted by Gasteiger charge is -2.32. The average Bonchev–Trinajstić information content (AvgIpc) is 3.26. The first-order chi connectivity index (χ1) is 14.1. The van der Waals surface area contributed by atoms with E-state index in [-0.39, 0.29) is 5.91 Å². The first kappa shape index (κ1) is 19.0. The summed E-state index contributed by atoms with van der Waals surface area (Å²) in [6.07, 6.45) is 3.77. The van der Waals surface area contributed by atoms with Gasteiger partial charge in [-0.3, -0.25) is 4.79 Å². The zero-order valence-electron chi connectivity index (χ0n) is 16.4. The average molecular weight is 391 g/mol. The highest BCUT2D eigenvalue weighted by Gasteiger charge is 2.16. The SMILES string of the molecule is COc1cccc(-n2ccc(C(=O)Nc3ccc(N4CCC(N)CC4)cc3)n2)c1. The molecule has 7 nitrogen and oxygen atoms in total. The molecule has 0 atom stereocenters. The molecule has 0 radical (unpaired) electrons. The molecule has 29 heavy (non-hydrogen) atoms. The van der Waals surface area contributed by atoms with Crippen LogP contribution in [0.15, 0.2) is 60.8 Å². The van der Waals surface area contributed by atoms with Crippen molar-refractivity contribution in [3.05, 3.63) is 66.5 Å². The van der Waals surface area contributed by atoms with Crippen LogP contribution < -0.4 is 20.7 Å². The Labute approximate surface area is 170 Å². The number of methoxy groups -OCH3 is 1. The van der Waals surface area contributed by atoms with Gasteiger partial charge in [0, 0.05) is 42.8 Å². The summed E-state index contributed by atoms with van der Waals surface area (Å²) in [5.41, 5.74) is 9.04. The van der Waals surface area contributed by atoms with Crippen LogP contribution in [0.2, 0.25) is 0 Å². The van der Waals surface area contributed by atoms with E-state index >= 15 is 0 Å². The predicted octanol–water partition coefficient (Wildman–Crippen LogP) is 3.06. The van der Waals surface area contributed by atoms with Crippen molar-refractivity contribution in [3.8, 4) is 11.4 Å². The Kier molecular flexibility index (Phi) is 5.48. The van der Waals surface area contributed by atoms with Crippen LogP contribution in [0.3, 0.4) is 0 Å². The summed E-state index contributed by atoms with van der Waals surface area (Å²) in [7, 11) is 1.62. The molecule has 1 aliphatic heterocycles. The summed E-state index contributed by atoms with van der Waals surface area (Å²) in [4.78, 5) is 14.9. The molecule has 1 aromatic heterocycles. The lowest BCUT2D eigenvalue weighted by Crippen LogP contribution is -2.39. The summed E-state index contributed by atoms with van der Waals surface area (Å²) in [5, 5.41) is 7.28. The van der Waals surface area contributed by atoms with Gasteiger partial charge < -0.3 is 20.7 Å². The maximum Gasteiger partial charge on any atom is 0.276 e. The van der Waals surface area contributed by atoms with Crippen molar-refractivity contribution in [1.29, 1.82) is 0 Å². The minimum Gasteiger partial charge on any atom is -0.497 e. The molecule has 7 heteroatoms. The second-order valence-corrected chi connectivity index (χ2v) is 7.17. The minimum atomic E-state index is -0.247. The quantitative estimate of drug-likeness (QED) is 0.698. The van der Waals surface area contributed by atoms with Gasteiger partial charge >= 0.3 is 0 Å². The van der Waals surface area contributed by atoms with E-state index in [4.69, 9.17) is 10.5 Å². The van der Waals surface area contributed by atoms with E-state index in [9.17, 15) is 4.79 Å². The maximum atomic E-state index is 12.6. The number of aromatic nitrogens is 2. The van der Waals surface area contributed by atoms with E-state index in [1.807, 2.05) is 48.5 Å². The van der Waals surface area contributed by atoms with Crippen molar-refractivity contribution in [1.82, 2.24) is 9.78 Å². The number of amides is 1. The van der Waals surface area contributed by atoms with Crippen LogP contribution in [0, 0.1) is 0 Å². The van der Waals surface area contributed by atoms with Crippen molar-refractivity contribution < 1.29 is 9.53 Å². The molecule has 1 aliphatic rings. The molecule has 150 valence electrons. The molecule has 2 heterocycles. The summed E-state index contributed by atoms with van der Waals surface area (Å²) in [6.45, 7) is 1.93. The monoisotopic (exact) mass is 391 g/mol. The number of benzene rings is 2. The van der Waals surface area contributed by atoms with Crippen LogP contribution in [-0.2, 0) is 0 Å². The number of hydrogen-bond donors (Lipinski definition) is 2. The Morgan fingerprint density at radius 2 is 1.86 bits per heavy atom. The maximum absolute atomic E-state index is 12.6. The Hall–Kier alpha value is -3.32. The van der Waals surface area contributed by atoms with Crippen molar-refractivity contribution >= 4 is 17.3 Å². The first-order valence-corrected chi connectivity index (χ1v) is 9.74. The lowest BCUT2D eigenvalue weighted by molar-refractivity contribution is 0.102. The highest BCUT2D eigenvalue weighted by Crippen LogP contribution is 2.22. The van der Waals surface area contributed by atoms with Gasteiger partial charge in [0.05, 0.1) is 12.8 Å². The van der Waals surface area contributed by atoms with Gasteiger partial charge in [0.1, 0.15) is 5.75 Å². The van der Waals surface area contributed by atoms with E-state index in [0.717, 1.165) is 48.7 Å². The Morgan fingerprint density at radius 1 is 1.10 bits per heavy atom. The Morgan fingerprint density at radius 3 is 2.59 bits per heavy atom. The molecule has 4 rings (SSSR count). The molecule has 1 saturated heterocycles. The van der Waals surface area contributed by atoms with E-state index in [2.05, 4.69) is 15.3 Å². The molecular formula is C22H25N5O2. The third-order valence-electron chi connectivity index (χ3n) is 5.17. The zero-order chi connectivity index (χ0) is 20.2. The molecule has 3 aromatic rings. The van der Waals surface area contributed by atoms with Gasteiger partial charge in [-0.15, -0.1) is 0 Å². The summed E-state index contributed by atoms with van der Waals surface area (Å²) < 4.78 is 6.89. The largest absolute Gasteiger partial charge is 0.497 e. The molecule has 0 spiro atoms. The van der Waals surface area contributed by atoms with Crippen LogP contribution in [0.25, 0.3) is 5.69 Å². The predicted molar refractivity (Wildman–Crippen MR) is 114 cm³/mol. The number of carbonyl (C=O) groups is 1. The van der Waals surface area contributed by atoms with E-state index in [1.165, 1.54) is 0 Å². The van der Waals surface area contributed by atoms with Crippen molar-refractivity contribution in [2.24, 2.45) is 5.73 Å². The topological polar surface area (TPSA) is 85.4 Å². The number of nitrogens with zero attached hydrogens (tertiary/aromatic N) is 3. The number of nitrogens with one attached hydrogen (secondary N) is 1. The van der Waals surface area contributed by atoms with Gasteiger partial charge in [0.15, 0.2) is 5.69 Å². The smallest absolute Gasteiger partial charge is 0.276 e. The van der Waals surface area contributed by atoms with E-state index < -0.39 is 0 Å². The van der Waals surface area contributed by atoms with Gasteiger partial charge in [-0.05, 0) is 55.3 Å². The molecule has 0 unspecified atom stereocenters. The highest BCUT2D eigenvalue weighted by atomic mass is 16.5. The van der Waals surface area contributed by atoms with Gasteiger partial charge in [-0.25, -0.2) is 4.68 Å². The molecule has 3 N–H and O–H groups in total. The third kappa shape index (κ3) is 4.41. The first-order valence-electron chi connectivity index (χ1n) is 9.74. The number of hydrogen-bond acceptors (Lipinski definition) is 5. The van der Waals surface area contributed by atoms with Crippen LogP contribution in [0.1, 0.15) is 23.3 Å². The van der Waals surface area contributed by atoms with Gasteiger partial charge in [-0.1, -0.05) is 6.07 Å². The highest BCUT2D eigenvalue weighted by molar-refractivity contribution is 6.02. The molecule has 0 aliphatic carbocycles. The molecule has 0 bridgehead atoms. The normalized spacial score (nSPS) is 14.6. The second-order valence-electron chi connectivity index (χ2n) is 7.17. The number of rotatable bonds is 5. The van der Waals surface area contributed by atoms with E-state index in [0.29, 0.717) is 11.7 Å². The Balaban J connectivity index is 1.41. The fourth-order valence-corrected chi connectivity index (χ4v) is 3.45. The summed E-state index contributed by atoms with van der Waals surface area (Å²) in [6, 6.07) is 17.4. The molecule has 0 saturated carbocycles. The van der Waals surface area contributed by atoms with Crippen LogP contribution in [-0.4, -0.2) is 41.9 Å². The summed E-state index contributed by atoms with van der Waals surface area (Å²) >= 11 is 0. The van der Waals surface area contributed by atoms with Crippen LogP contribution in [0.5, 0.6) is 5.75 Å². The fourth-order valence-electron chi connectivity index (χ4n) is 3.45. The molecular weight excluding hydrogens is 366 g/mol. The minimum absolute atomic E-state index is 0.247. The number of piperidine rings is 1. The van der Waals surface area contributed by atoms with Gasteiger partial charge in [-0.2, -0.15) is 5.10 Å². The van der Waals surface area contributed by atoms with Crippen molar-refractivity contribution in [3.63, 3.8) is 0 Å². The number of ether oxygens (including phenoxy) is 1. The van der Waals surface area contributed by atoms with Crippen molar-refractivity contribution in [2.45, 2.75) is 18.9 Å². The lowest BCUT2D eigenvalue weighted by atomic mass is 10.1. The van der Waals surface area contributed by atoms with Crippen LogP contribution >= 0.6 is 0 Å². The summed E-state index contributed by atoms with van der Waals surface area (Å²) in [5.74, 6) is 0.489. The van der Waals surface area contributed by atoms with Gasteiger partial charge in [0.25, 0.3) is 5.91 Å². The van der Waals surface area contributed by atoms with Gasteiger partial charge in [0.2, 0.25) is 0 Å². The van der Waals surface area contributed by atoms with E-state index in [1.54, 1.807) is 24.1 Å². The zero-order valence-corrected chi connectivity index (χ0v) is 16.4. The third-order valence-corrected chi connectivity index (χ3v) is 5.17. The van der Waals surface area contributed by atoms with Crippen LogP contribution in [0.4, 0.5) is 11.4 Å². The number of carbonyl (C=O) groups excluding carboxylic acids is 1. The molecule has 2 aromatic carbocycles. The van der Waals surface area contributed by atoms with Crippen molar-refractivity contribution in [2.75, 3.05) is 30.4 Å². The standard InChI is InChI=1S/C22H25N5O2/c1-29-20-4-2-3-19(15-20)27-14-11-21(25-27)22(28)24-17-5-7-18(8-6-17)26-12-9-16(23)10-13-26/h2-8,11,14-16H,9-10,12-13,23H2,1H3,(H,24,28). The number of nitrogens with two attached hydrogens (primary N) is 1. The molecule has 1 amide bonds. The Bertz CT molecular complexity index is 975. The number of anilines is 2.